The summed E-state index contributed by atoms with van der Waals surface area (Å²) in [4.78, 5) is 5.64. The minimum absolute atomic E-state index is 0.260. The molecule has 5 heteroatoms. The normalized spacial score (nSPS) is 13.2. The maximum atomic E-state index is 6.11. The van der Waals surface area contributed by atoms with Crippen molar-refractivity contribution in [1.82, 2.24) is 4.98 Å². The molecule has 0 unspecified atom stereocenters. The van der Waals surface area contributed by atoms with Crippen molar-refractivity contribution in [2.24, 2.45) is 0 Å². The van der Waals surface area contributed by atoms with Crippen molar-refractivity contribution in [3.63, 3.8) is 0 Å². The van der Waals surface area contributed by atoms with Crippen LogP contribution in [0.15, 0.2) is 4.60 Å². The van der Waals surface area contributed by atoms with Gasteiger partial charge < -0.3 is 4.43 Å². The van der Waals surface area contributed by atoms with Gasteiger partial charge in [0.25, 0.3) is 0 Å². The highest BCUT2D eigenvalue weighted by atomic mass is 79.9. The molecule has 0 bridgehead atoms. The molecule has 1 aromatic rings. The average molecular weight is 322 g/mol. The first-order valence-electron chi connectivity index (χ1n) is 5.39. The maximum Gasteiger partial charge on any atom is 0.192 e. The number of aromatic nitrogens is 1. The van der Waals surface area contributed by atoms with Crippen molar-refractivity contribution in [3.8, 4) is 0 Å². The van der Waals surface area contributed by atoms with Gasteiger partial charge in [-0.1, -0.05) is 20.8 Å². The molecule has 0 fully saturated rings. The van der Waals surface area contributed by atoms with Crippen molar-refractivity contribution in [2.45, 2.75) is 52.4 Å². The number of hydrogen-bond acceptors (Lipinski definition) is 3. The quantitative estimate of drug-likeness (QED) is 0.750. The van der Waals surface area contributed by atoms with Gasteiger partial charge in [0.2, 0.25) is 0 Å². The molecule has 0 saturated carbocycles. The van der Waals surface area contributed by atoms with Gasteiger partial charge in [-0.25, -0.2) is 4.98 Å². The van der Waals surface area contributed by atoms with E-state index < -0.39 is 8.32 Å². The Hall–Kier alpha value is 0.287. The van der Waals surface area contributed by atoms with Crippen LogP contribution in [0.2, 0.25) is 18.1 Å². The third-order valence-corrected chi connectivity index (χ3v) is 9.60. The molecule has 0 N–H and O–H groups in total. The highest BCUT2D eigenvalue weighted by Crippen LogP contribution is 2.37. The number of thiazole rings is 1. The zero-order chi connectivity index (χ0) is 12.6. The lowest BCUT2D eigenvalue weighted by molar-refractivity contribution is 0.275. The van der Waals surface area contributed by atoms with Crippen LogP contribution in [0.3, 0.4) is 0 Å². The zero-order valence-corrected chi connectivity index (χ0v) is 14.3. The van der Waals surface area contributed by atoms with Crippen LogP contribution in [-0.4, -0.2) is 13.3 Å². The Morgan fingerprint density at radius 2 is 1.94 bits per heavy atom. The minimum Gasteiger partial charge on any atom is -0.410 e. The molecular formula is C11H20BrNOSSi. The maximum absolute atomic E-state index is 6.11. The molecule has 0 aliphatic heterocycles. The van der Waals surface area contributed by atoms with E-state index in [9.17, 15) is 0 Å². The summed E-state index contributed by atoms with van der Waals surface area (Å²) >= 11 is 5.14. The molecule has 0 spiro atoms. The summed E-state index contributed by atoms with van der Waals surface area (Å²) in [5.41, 5.74) is 0. The highest BCUT2D eigenvalue weighted by Gasteiger charge is 2.37. The first-order chi connectivity index (χ1) is 7.13. The molecule has 1 aromatic heterocycles. The number of aryl methyl sites for hydroxylation is 1. The van der Waals surface area contributed by atoms with E-state index in [1.165, 1.54) is 4.88 Å². The lowest BCUT2D eigenvalue weighted by Crippen LogP contribution is -2.40. The predicted octanol–water partition coefficient (Wildman–Crippen LogP) is 4.74. The molecule has 0 aliphatic rings. The van der Waals surface area contributed by atoms with Crippen molar-refractivity contribution >= 4 is 35.6 Å². The van der Waals surface area contributed by atoms with Crippen LogP contribution < -0.4 is 0 Å². The summed E-state index contributed by atoms with van der Waals surface area (Å²) in [5.74, 6) is 0. The first-order valence-corrected chi connectivity index (χ1v) is 9.91. The topological polar surface area (TPSA) is 22.1 Å². The lowest BCUT2D eigenvalue weighted by atomic mass is 10.2. The van der Waals surface area contributed by atoms with Gasteiger partial charge in [-0.3, -0.25) is 0 Å². The van der Waals surface area contributed by atoms with Gasteiger partial charge in [-0.2, -0.15) is 0 Å². The molecule has 0 amide bonds. The molecule has 1 heterocycles. The van der Waals surface area contributed by atoms with Crippen LogP contribution in [0.1, 0.15) is 30.7 Å². The van der Waals surface area contributed by atoms with E-state index in [1.807, 2.05) is 0 Å². The second-order valence-electron chi connectivity index (χ2n) is 5.50. The van der Waals surface area contributed by atoms with Crippen molar-refractivity contribution in [3.05, 3.63) is 14.5 Å². The molecule has 1 rings (SSSR count). The van der Waals surface area contributed by atoms with Crippen LogP contribution in [0.25, 0.3) is 0 Å². The Bertz CT molecular complexity index is 351. The van der Waals surface area contributed by atoms with Crippen LogP contribution >= 0.6 is 27.3 Å². The number of hydrogen-bond donors (Lipinski definition) is 0. The molecule has 0 saturated heterocycles. The van der Waals surface area contributed by atoms with Crippen molar-refractivity contribution in [2.75, 3.05) is 0 Å². The third kappa shape index (κ3) is 3.39. The predicted molar refractivity (Wildman–Crippen MR) is 76.5 cm³/mol. The van der Waals surface area contributed by atoms with E-state index in [-0.39, 0.29) is 5.04 Å². The molecule has 0 aliphatic carbocycles. The fourth-order valence-corrected chi connectivity index (χ4v) is 3.30. The largest absolute Gasteiger partial charge is 0.410 e. The van der Waals surface area contributed by atoms with Gasteiger partial charge in [0, 0.05) is 4.88 Å². The molecule has 0 atom stereocenters. The van der Waals surface area contributed by atoms with E-state index in [1.54, 1.807) is 11.3 Å². The van der Waals surface area contributed by atoms with Crippen LogP contribution in [0.5, 0.6) is 0 Å². The van der Waals surface area contributed by atoms with E-state index >= 15 is 0 Å². The van der Waals surface area contributed by atoms with Gasteiger partial charge in [0.05, 0.1) is 6.61 Å². The summed E-state index contributed by atoms with van der Waals surface area (Å²) < 4.78 is 7.06. The third-order valence-electron chi connectivity index (χ3n) is 3.15. The van der Waals surface area contributed by atoms with Gasteiger partial charge in [-0.15, -0.1) is 11.3 Å². The monoisotopic (exact) mass is 321 g/mol. The number of rotatable bonds is 3. The second-order valence-corrected chi connectivity index (χ2v) is 12.4. The van der Waals surface area contributed by atoms with Gasteiger partial charge >= 0.3 is 0 Å². The molecular weight excluding hydrogens is 302 g/mol. The van der Waals surface area contributed by atoms with Crippen LogP contribution in [0.4, 0.5) is 0 Å². The summed E-state index contributed by atoms with van der Waals surface area (Å²) in [6.07, 6.45) is 0. The Balaban J connectivity index is 2.65. The number of halogens is 1. The smallest absolute Gasteiger partial charge is 0.192 e. The first kappa shape index (κ1) is 14.3. The minimum atomic E-state index is -1.64. The summed E-state index contributed by atoms with van der Waals surface area (Å²) in [5, 5.41) is 1.32. The fourth-order valence-electron chi connectivity index (χ4n) is 0.950. The Labute approximate surface area is 112 Å². The van der Waals surface area contributed by atoms with Crippen molar-refractivity contribution in [1.29, 1.82) is 0 Å². The summed E-state index contributed by atoms with van der Waals surface area (Å²) in [7, 11) is -1.64. The van der Waals surface area contributed by atoms with Crippen LogP contribution in [0, 0.1) is 6.92 Å². The molecule has 92 valence electrons. The van der Waals surface area contributed by atoms with Gasteiger partial charge in [0.15, 0.2) is 8.32 Å². The standard InChI is InChI=1S/C11H20BrNOSSi/c1-8-10(12)13-9(15-8)7-14-16(5,6)11(2,3)4/h7H2,1-6H3. The Morgan fingerprint density at radius 3 is 2.31 bits per heavy atom. The fraction of sp³-hybridized carbons (Fsp3) is 0.727. The summed E-state index contributed by atoms with van der Waals surface area (Å²) in [6, 6.07) is 0. The number of nitrogens with zero attached hydrogens (tertiary/aromatic N) is 1. The van der Waals surface area contributed by atoms with E-state index in [0.717, 1.165) is 9.61 Å². The van der Waals surface area contributed by atoms with E-state index in [2.05, 4.69) is 61.7 Å². The van der Waals surface area contributed by atoms with E-state index in [4.69, 9.17) is 4.43 Å². The Kier molecular flexibility index (Phi) is 4.38. The molecule has 0 aromatic carbocycles. The summed E-state index contributed by atoms with van der Waals surface area (Å²) in [6.45, 7) is 14.0. The molecule has 2 nitrogen and oxygen atoms in total. The second kappa shape index (κ2) is 4.88. The Morgan fingerprint density at radius 1 is 1.38 bits per heavy atom. The van der Waals surface area contributed by atoms with Gasteiger partial charge in [0.1, 0.15) is 9.61 Å². The molecule has 16 heavy (non-hydrogen) atoms. The van der Waals surface area contributed by atoms with Crippen LogP contribution in [-0.2, 0) is 11.0 Å². The highest BCUT2D eigenvalue weighted by molar-refractivity contribution is 9.10. The zero-order valence-electron chi connectivity index (χ0n) is 10.8. The van der Waals surface area contributed by atoms with E-state index in [0.29, 0.717) is 6.61 Å². The lowest BCUT2D eigenvalue weighted by Gasteiger charge is -2.35. The van der Waals surface area contributed by atoms with Gasteiger partial charge in [-0.05, 0) is 41.0 Å². The van der Waals surface area contributed by atoms with Crippen molar-refractivity contribution < 1.29 is 4.43 Å². The molecule has 0 radical (unpaired) electrons. The SMILES string of the molecule is Cc1sc(CO[Si](C)(C)C(C)(C)C)nc1Br. The average Bonchev–Trinajstić information content (AvgIpc) is 2.41.